The zero-order valence-corrected chi connectivity index (χ0v) is 7.23. The van der Waals surface area contributed by atoms with Crippen molar-refractivity contribution >= 4 is 5.91 Å². The van der Waals surface area contributed by atoms with E-state index in [1.165, 1.54) is 0 Å². The summed E-state index contributed by atoms with van der Waals surface area (Å²) in [6.45, 7) is 9.45. The van der Waals surface area contributed by atoms with E-state index in [0.29, 0.717) is 6.42 Å². The Morgan fingerprint density at radius 3 is 2.73 bits per heavy atom. The summed E-state index contributed by atoms with van der Waals surface area (Å²) in [5.41, 5.74) is 0. The minimum Gasteiger partial charge on any atom is -0.353 e. The molecule has 1 amide bonds. The Hall–Kier alpha value is -0.530. The van der Waals surface area contributed by atoms with Crippen LogP contribution in [0.25, 0.3) is 0 Å². The maximum absolute atomic E-state index is 11.0. The molecule has 2 nitrogen and oxygen atoms in total. The molecular weight excluding hydrogens is 138 g/mol. The molecule has 0 aliphatic heterocycles. The zero-order chi connectivity index (χ0) is 8.69. The number of nitrogens with one attached hydrogen (secondary N) is 1. The topological polar surface area (TPSA) is 29.1 Å². The van der Waals surface area contributed by atoms with Crippen LogP contribution in [0.4, 0.5) is 0 Å². The molecule has 0 unspecified atom stereocenters. The van der Waals surface area contributed by atoms with Crippen molar-refractivity contribution in [1.82, 2.24) is 5.32 Å². The quantitative estimate of drug-likeness (QED) is 0.643. The lowest BCUT2D eigenvalue weighted by molar-refractivity contribution is -0.121. The molecule has 0 bridgehead atoms. The summed E-state index contributed by atoms with van der Waals surface area (Å²) in [6, 6.07) is 0.0338. The van der Waals surface area contributed by atoms with Crippen LogP contribution in [0.15, 0.2) is 0 Å². The highest BCUT2D eigenvalue weighted by Crippen LogP contribution is 1.95. The van der Waals surface area contributed by atoms with Crippen molar-refractivity contribution < 1.29 is 4.79 Å². The first kappa shape index (κ1) is 10.5. The molecule has 64 valence electrons. The first-order valence-electron chi connectivity index (χ1n) is 4.12. The molecule has 0 saturated carbocycles. The highest BCUT2D eigenvalue weighted by atomic mass is 16.1. The molecule has 0 rings (SSSR count). The van der Waals surface area contributed by atoms with Crippen molar-refractivity contribution in [3.8, 4) is 0 Å². The van der Waals surface area contributed by atoms with Crippen molar-refractivity contribution in [1.29, 1.82) is 0 Å². The van der Waals surface area contributed by atoms with E-state index in [9.17, 15) is 4.79 Å². The average Bonchev–Trinajstić information content (AvgIpc) is 1.87. The summed E-state index contributed by atoms with van der Waals surface area (Å²) in [6.07, 6.45) is 3.17. The van der Waals surface area contributed by atoms with Gasteiger partial charge >= 0.3 is 0 Å². The third kappa shape index (κ3) is 5.89. The minimum absolute atomic E-state index is 0.0338. The number of amides is 1. The molecule has 11 heavy (non-hydrogen) atoms. The fraction of sp³-hybridized carbons (Fsp3) is 0.667. The van der Waals surface area contributed by atoms with Gasteiger partial charge < -0.3 is 5.32 Å². The van der Waals surface area contributed by atoms with E-state index in [4.69, 9.17) is 0 Å². The summed E-state index contributed by atoms with van der Waals surface area (Å²) < 4.78 is 0. The molecule has 0 aromatic rings. The van der Waals surface area contributed by atoms with Crippen molar-refractivity contribution in [3.05, 3.63) is 13.8 Å². The third-order valence-corrected chi connectivity index (χ3v) is 1.39. The molecule has 0 aliphatic rings. The lowest BCUT2D eigenvalue weighted by Crippen LogP contribution is -2.32. The Labute approximate surface area is 69.4 Å². The van der Waals surface area contributed by atoms with E-state index < -0.39 is 0 Å². The molecule has 0 aromatic heterocycles. The van der Waals surface area contributed by atoms with E-state index >= 15 is 0 Å². The molecule has 0 heterocycles. The largest absolute Gasteiger partial charge is 0.353 e. The normalized spacial score (nSPS) is 12.6. The Balaban J connectivity index is 3.40. The Kier molecular flexibility index (Phi) is 5.90. The lowest BCUT2D eigenvalue weighted by Gasteiger charge is -2.11. The smallest absolute Gasteiger partial charge is 0.220 e. The molecular formula is C9H17NO. The molecule has 0 aliphatic carbocycles. The Bertz CT molecular complexity index is 112. The van der Waals surface area contributed by atoms with E-state index in [0.717, 1.165) is 19.3 Å². The SMILES string of the molecule is [CH2]CC[C@H]([CH2])NC(=O)CCC. The number of carbonyl (C=O) groups is 1. The van der Waals surface area contributed by atoms with Crippen LogP contribution >= 0.6 is 0 Å². The second-order valence-corrected chi connectivity index (χ2v) is 2.66. The summed E-state index contributed by atoms with van der Waals surface area (Å²) in [7, 11) is 0. The van der Waals surface area contributed by atoms with Crippen LogP contribution < -0.4 is 5.32 Å². The predicted molar refractivity (Wildman–Crippen MR) is 46.8 cm³/mol. The summed E-state index contributed by atoms with van der Waals surface area (Å²) in [5.74, 6) is 0.0981. The first-order valence-corrected chi connectivity index (χ1v) is 4.12. The summed E-state index contributed by atoms with van der Waals surface area (Å²) in [4.78, 5) is 11.0. The van der Waals surface area contributed by atoms with Crippen LogP contribution in [0.2, 0.25) is 0 Å². The first-order chi connectivity index (χ1) is 5.20. The lowest BCUT2D eigenvalue weighted by atomic mass is 10.2. The van der Waals surface area contributed by atoms with Crippen LogP contribution in [0.1, 0.15) is 32.6 Å². The number of hydrogen-bond acceptors (Lipinski definition) is 1. The molecule has 2 heteroatoms. The van der Waals surface area contributed by atoms with Crippen LogP contribution in [-0.2, 0) is 4.79 Å². The maximum Gasteiger partial charge on any atom is 0.220 e. The standard InChI is InChI=1S/C9H17NO/c1-4-6-8(3)10-9(11)7-5-2/h8H,1,3-7H2,2H3,(H,10,11)/t8-/m0/s1. The van der Waals surface area contributed by atoms with Crippen molar-refractivity contribution in [2.75, 3.05) is 0 Å². The van der Waals surface area contributed by atoms with Gasteiger partial charge in [0, 0.05) is 12.5 Å². The molecule has 1 N–H and O–H groups in total. The molecule has 1 atom stereocenters. The summed E-state index contributed by atoms with van der Waals surface area (Å²) >= 11 is 0. The number of rotatable bonds is 5. The van der Waals surface area contributed by atoms with E-state index in [2.05, 4.69) is 19.2 Å². The van der Waals surface area contributed by atoms with Crippen molar-refractivity contribution in [2.45, 2.75) is 38.6 Å². The Morgan fingerprint density at radius 2 is 2.27 bits per heavy atom. The van der Waals surface area contributed by atoms with Gasteiger partial charge in [-0.3, -0.25) is 4.79 Å². The maximum atomic E-state index is 11.0. The van der Waals surface area contributed by atoms with E-state index in [-0.39, 0.29) is 11.9 Å². The van der Waals surface area contributed by atoms with Crippen molar-refractivity contribution in [3.63, 3.8) is 0 Å². The third-order valence-electron chi connectivity index (χ3n) is 1.39. The minimum atomic E-state index is 0.0338. The highest BCUT2D eigenvalue weighted by Gasteiger charge is 2.03. The second-order valence-electron chi connectivity index (χ2n) is 2.66. The fourth-order valence-electron chi connectivity index (χ4n) is 0.845. The molecule has 2 radical (unpaired) electrons. The second kappa shape index (κ2) is 6.20. The van der Waals surface area contributed by atoms with E-state index in [1.807, 2.05) is 6.92 Å². The van der Waals surface area contributed by atoms with Crippen molar-refractivity contribution in [2.24, 2.45) is 0 Å². The predicted octanol–water partition coefficient (Wildman–Crippen LogP) is 1.72. The van der Waals surface area contributed by atoms with Crippen LogP contribution in [0.3, 0.4) is 0 Å². The molecule has 0 aromatic carbocycles. The van der Waals surface area contributed by atoms with Gasteiger partial charge in [-0.25, -0.2) is 0 Å². The van der Waals surface area contributed by atoms with E-state index in [1.54, 1.807) is 0 Å². The van der Waals surface area contributed by atoms with Crippen LogP contribution in [0, 0.1) is 13.8 Å². The van der Waals surface area contributed by atoms with Gasteiger partial charge in [-0.05, 0) is 19.8 Å². The summed E-state index contributed by atoms with van der Waals surface area (Å²) in [5, 5.41) is 2.79. The molecule has 0 saturated heterocycles. The van der Waals surface area contributed by atoms with Crippen LogP contribution in [0.5, 0.6) is 0 Å². The van der Waals surface area contributed by atoms with Gasteiger partial charge in [-0.1, -0.05) is 20.3 Å². The van der Waals surface area contributed by atoms with Gasteiger partial charge in [0.1, 0.15) is 0 Å². The average molecular weight is 155 g/mol. The molecule has 0 spiro atoms. The van der Waals surface area contributed by atoms with Gasteiger partial charge in [0.15, 0.2) is 0 Å². The highest BCUT2D eigenvalue weighted by molar-refractivity contribution is 5.76. The zero-order valence-electron chi connectivity index (χ0n) is 7.23. The van der Waals surface area contributed by atoms with Crippen LogP contribution in [-0.4, -0.2) is 11.9 Å². The Morgan fingerprint density at radius 1 is 1.64 bits per heavy atom. The van der Waals surface area contributed by atoms with Gasteiger partial charge in [0.05, 0.1) is 0 Å². The molecule has 0 fully saturated rings. The monoisotopic (exact) mass is 155 g/mol. The van der Waals surface area contributed by atoms with Gasteiger partial charge in [-0.15, -0.1) is 0 Å². The van der Waals surface area contributed by atoms with Gasteiger partial charge in [0.25, 0.3) is 0 Å². The van der Waals surface area contributed by atoms with Gasteiger partial charge in [0.2, 0.25) is 5.91 Å². The fourth-order valence-corrected chi connectivity index (χ4v) is 0.845. The van der Waals surface area contributed by atoms with Gasteiger partial charge in [-0.2, -0.15) is 0 Å². The number of carbonyl (C=O) groups excluding carboxylic acids is 1. The number of hydrogen-bond donors (Lipinski definition) is 1.